The van der Waals surface area contributed by atoms with Gasteiger partial charge < -0.3 is 14.2 Å². The fourth-order valence-electron chi connectivity index (χ4n) is 2.28. The van der Waals surface area contributed by atoms with E-state index in [0.29, 0.717) is 11.5 Å². The molecule has 7 heteroatoms. The average Bonchev–Trinajstić information content (AvgIpc) is 2.62. The molecular formula is C19H16F2N2O3. The van der Waals surface area contributed by atoms with Gasteiger partial charge >= 0.3 is 0 Å². The fraction of sp³-hybridized carbons (Fsp3) is 0.158. The fourth-order valence-corrected chi connectivity index (χ4v) is 2.28. The Labute approximate surface area is 149 Å². The molecule has 0 spiro atoms. The summed E-state index contributed by atoms with van der Waals surface area (Å²) in [4.78, 5) is 7.33. The van der Waals surface area contributed by atoms with Crippen molar-refractivity contribution < 1.29 is 23.0 Å². The third kappa shape index (κ3) is 4.24. The van der Waals surface area contributed by atoms with Crippen molar-refractivity contribution in [2.24, 2.45) is 0 Å². The van der Waals surface area contributed by atoms with Crippen molar-refractivity contribution in [2.75, 3.05) is 7.11 Å². The first-order valence-corrected chi connectivity index (χ1v) is 7.82. The standard InChI is InChI=1S/C19H16F2N2O3/c1-12(25-18-7-3-5-16(20)22-18)13-9-10-14(15(11-13)24-2)26-19-8-4-6-17(21)23-19/h3-12H,1-2H3. The summed E-state index contributed by atoms with van der Waals surface area (Å²) in [5.41, 5.74) is 0.771. The van der Waals surface area contributed by atoms with E-state index in [1.165, 1.54) is 37.4 Å². The van der Waals surface area contributed by atoms with Crippen LogP contribution in [0.4, 0.5) is 8.78 Å². The summed E-state index contributed by atoms with van der Waals surface area (Å²) in [7, 11) is 1.49. The lowest BCUT2D eigenvalue weighted by Gasteiger charge is -2.16. The molecule has 5 nitrogen and oxygen atoms in total. The minimum absolute atomic E-state index is 0.115. The lowest BCUT2D eigenvalue weighted by Crippen LogP contribution is -2.05. The molecule has 2 aromatic heterocycles. The zero-order valence-electron chi connectivity index (χ0n) is 14.1. The molecule has 0 fully saturated rings. The second-order valence-corrected chi connectivity index (χ2v) is 5.37. The zero-order chi connectivity index (χ0) is 18.5. The van der Waals surface area contributed by atoms with E-state index in [4.69, 9.17) is 14.2 Å². The van der Waals surface area contributed by atoms with Crippen LogP contribution in [0.5, 0.6) is 23.3 Å². The molecule has 0 saturated carbocycles. The molecule has 0 amide bonds. The molecule has 0 aliphatic rings. The monoisotopic (exact) mass is 358 g/mol. The molecular weight excluding hydrogens is 342 g/mol. The molecule has 0 bridgehead atoms. The van der Waals surface area contributed by atoms with Crippen LogP contribution in [0, 0.1) is 11.9 Å². The molecule has 1 atom stereocenters. The zero-order valence-corrected chi connectivity index (χ0v) is 14.1. The predicted molar refractivity (Wildman–Crippen MR) is 90.5 cm³/mol. The normalized spacial score (nSPS) is 11.7. The molecule has 1 unspecified atom stereocenters. The van der Waals surface area contributed by atoms with Gasteiger partial charge in [-0.25, -0.2) is 0 Å². The third-order valence-electron chi connectivity index (χ3n) is 3.55. The van der Waals surface area contributed by atoms with Crippen molar-refractivity contribution in [3.05, 3.63) is 72.1 Å². The van der Waals surface area contributed by atoms with Crippen LogP contribution >= 0.6 is 0 Å². The minimum atomic E-state index is -0.636. The van der Waals surface area contributed by atoms with Crippen LogP contribution in [0.3, 0.4) is 0 Å². The van der Waals surface area contributed by atoms with Gasteiger partial charge in [-0.15, -0.1) is 0 Å². The van der Waals surface area contributed by atoms with E-state index in [1.54, 1.807) is 31.2 Å². The highest BCUT2D eigenvalue weighted by Gasteiger charge is 2.14. The number of hydrogen-bond acceptors (Lipinski definition) is 5. The molecule has 26 heavy (non-hydrogen) atoms. The number of halogens is 2. The average molecular weight is 358 g/mol. The van der Waals surface area contributed by atoms with E-state index in [0.717, 1.165) is 5.56 Å². The first-order valence-electron chi connectivity index (χ1n) is 7.82. The minimum Gasteiger partial charge on any atom is -0.493 e. The van der Waals surface area contributed by atoms with Gasteiger partial charge in [-0.05, 0) is 36.8 Å². The van der Waals surface area contributed by atoms with Gasteiger partial charge in [0.2, 0.25) is 23.7 Å². The molecule has 134 valence electrons. The maximum atomic E-state index is 13.2. The van der Waals surface area contributed by atoms with E-state index in [1.807, 2.05) is 0 Å². The van der Waals surface area contributed by atoms with Crippen molar-refractivity contribution in [1.29, 1.82) is 0 Å². The number of ether oxygens (including phenoxy) is 3. The summed E-state index contributed by atoms with van der Waals surface area (Å²) in [5.74, 6) is -0.145. The van der Waals surface area contributed by atoms with Gasteiger partial charge in [0.15, 0.2) is 11.5 Å². The van der Waals surface area contributed by atoms with Gasteiger partial charge in [0.05, 0.1) is 7.11 Å². The number of nitrogens with zero attached hydrogens (tertiary/aromatic N) is 2. The van der Waals surface area contributed by atoms with Gasteiger partial charge in [0.25, 0.3) is 0 Å². The lowest BCUT2D eigenvalue weighted by atomic mass is 10.1. The van der Waals surface area contributed by atoms with Crippen LogP contribution in [0.1, 0.15) is 18.6 Å². The number of methoxy groups -OCH3 is 1. The maximum absolute atomic E-state index is 13.2. The van der Waals surface area contributed by atoms with E-state index < -0.39 is 18.0 Å². The van der Waals surface area contributed by atoms with Gasteiger partial charge in [-0.3, -0.25) is 0 Å². The second kappa shape index (κ2) is 7.77. The third-order valence-corrected chi connectivity index (χ3v) is 3.55. The Balaban J connectivity index is 1.79. The van der Waals surface area contributed by atoms with Gasteiger partial charge in [-0.1, -0.05) is 18.2 Å². The van der Waals surface area contributed by atoms with E-state index >= 15 is 0 Å². The first-order chi connectivity index (χ1) is 12.5. The quantitative estimate of drug-likeness (QED) is 0.598. The Morgan fingerprint density at radius 1 is 0.846 bits per heavy atom. The molecule has 3 rings (SSSR count). The molecule has 2 heterocycles. The van der Waals surface area contributed by atoms with Crippen LogP contribution < -0.4 is 14.2 Å². The van der Waals surface area contributed by atoms with Crippen molar-refractivity contribution in [1.82, 2.24) is 9.97 Å². The van der Waals surface area contributed by atoms with E-state index in [2.05, 4.69) is 9.97 Å². The van der Waals surface area contributed by atoms with Gasteiger partial charge in [-0.2, -0.15) is 18.7 Å². The summed E-state index contributed by atoms with van der Waals surface area (Å²) < 4.78 is 42.9. The summed E-state index contributed by atoms with van der Waals surface area (Å²) in [6, 6.07) is 13.8. The molecule has 3 aromatic rings. The predicted octanol–water partition coefficient (Wildman–Crippen LogP) is 4.70. The van der Waals surface area contributed by atoms with Crippen molar-refractivity contribution in [3.8, 4) is 23.3 Å². The molecule has 0 saturated heterocycles. The van der Waals surface area contributed by atoms with Gasteiger partial charge in [0, 0.05) is 12.1 Å². The van der Waals surface area contributed by atoms with Crippen LogP contribution in [-0.4, -0.2) is 17.1 Å². The first kappa shape index (κ1) is 17.6. The smallest absolute Gasteiger partial charge is 0.222 e. The number of pyridine rings is 2. The lowest BCUT2D eigenvalue weighted by molar-refractivity contribution is 0.214. The number of hydrogen-bond donors (Lipinski definition) is 0. The Hall–Kier alpha value is -3.22. The summed E-state index contributed by atoms with van der Waals surface area (Å²) in [5, 5.41) is 0. The summed E-state index contributed by atoms with van der Waals surface area (Å²) >= 11 is 0. The largest absolute Gasteiger partial charge is 0.493 e. The maximum Gasteiger partial charge on any atom is 0.222 e. The SMILES string of the molecule is COc1cc(C(C)Oc2cccc(F)n2)ccc1Oc1cccc(F)n1. The van der Waals surface area contributed by atoms with Crippen molar-refractivity contribution in [2.45, 2.75) is 13.0 Å². The molecule has 0 N–H and O–H groups in total. The van der Waals surface area contributed by atoms with Crippen LogP contribution in [0.15, 0.2) is 54.6 Å². The highest BCUT2D eigenvalue weighted by molar-refractivity contribution is 5.45. The number of rotatable bonds is 6. The Bertz CT molecular complexity index is 905. The Morgan fingerprint density at radius 2 is 1.50 bits per heavy atom. The summed E-state index contributed by atoms with van der Waals surface area (Å²) in [6.45, 7) is 1.80. The molecule has 0 radical (unpaired) electrons. The number of benzene rings is 1. The van der Waals surface area contributed by atoms with Crippen LogP contribution in [0.25, 0.3) is 0 Å². The van der Waals surface area contributed by atoms with E-state index in [-0.39, 0.29) is 11.8 Å². The molecule has 1 aromatic carbocycles. The van der Waals surface area contributed by atoms with Crippen LogP contribution in [-0.2, 0) is 0 Å². The molecule has 0 aliphatic heterocycles. The number of aromatic nitrogens is 2. The Kier molecular flexibility index (Phi) is 5.26. The topological polar surface area (TPSA) is 53.5 Å². The highest BCUT2D eigenvalue weighted by Crippen LogP contribution is 2.34. The Morgan fingerprint density at radius 3 is 2.15 bits per heavy atom. The summed E-state index contributed by atoms with van der Waals surface area (Å²) in [6.07, 6.45) is -0.403. The van der Waals surface area contributed by atoms with Crippen LogP contribution in [0.2, 0.25) is 0 Å². The second-order valence-electron chi connectivity index (χ2n) is 5.37. The molecule has 0 aliphatic carbocycles. The highest BCUT2D eigenvalue weighted by atomic mass is 19.1. The van der Waals surface area contributed by atoms with Crippen molar-refractivity contribution in [3.63, 3.8) is 0 Å². The van der Waals surface area contributed by atoms with Crippen molar-refractivity contribution >= 4 is 0 Å². The van der Waals surface area contributed by atoms with E-state index in [9.17, 15) is 8.78 Å². The van der Waals surface area contributed by atoms with Gasteiger partial charge in [0.1, 0.15) is 6.10 Å².